The molecule has 1 aromatic carbocycles. The molecule has 0 aliphatic rings. The molecule has 1 aromatic heterocycles. The van der Waals surface area contributed by atoms with Gasteiger partial charge >= 0.3 is 0 Å². The van der Waals surface area contributed by atoms with Gasteiger partial charge in [0.05, 0.1) is 12.8 Å². The van der Waals surface area contributed by atoms with Crippen LogP contribution in [0.2, 0.25) is 0 Å². The Kier molecular flexibility index (Phi) is 4.40. The lowest BCUT2D eigenvalue weighted by molar-refractivity contribution is 0.415. The van der Waals surface area contributed by atoms with Crippen molar-refractivity contribution in [2.24, 2.45) is 5.92 Å². The van der Waals surface area contributed by atoms with Gasteiger partial charge in [-0.2, -0.15) is 0 Å². The van der Waals surface area contributed by atoms with E-state index >= 15 is 0 Å². The minimum atomic E-state index is 0.634. The molecule has 0 radical (unpaired) electrons. The molecule has 0 aliphatic heterocycles. The van der Waals surface area contributed by atoms with E-state index in [4.69, 9.17) is 4.74 Å². The number of hydrogen-bond donors (Lipinski definition) is 0. The van der Waals surface area contributed by atoms with Crippen LogP contribution in [-0.4, -0.2) is 12.1 Å². The first-order valence-electron chi connectivity index (χ1n) is 5.89. The number of nitrogens with zero attached hydrogens (tertiary/aromatic N) is 1. The van der Waals surface area contributed by atoms with E-state index in [2.05, 4.69) is 46.9 Å². The lowest BCUT2D eigenvalue weighted by Gasteiger charge is -2.06. The van der Waals surface area contributed by atoms with Crippen molar-refractivity contribution in [1.82, 2.24) is 4.98 Å². The monoisotopic (exact) mass is 325 g/mol. The van der Waals surface area contributed by atoms with Crippen molar-refractivity contribution >= 4 is 27.3 Å². The summed E-state index contributed by atoms with van der Waals surface area (Å²) in [6.45, 7) is 4.46. The number of rotatable bonds is 4. The van der Waals surface area contributed by atoms with Crippen molar-refractivity contribution in [2.75, 3.05) is 7.11 Å². The van der Waals surface area contributed by atoms with E-state index in [1.807, 2.05) is 12.1 Å². The summed E-state index contributed by atoms with van der Waals surface area (Å²) in [5.41, 5.74) is 2.23. The fourth-order valence-electron chi connectivity index (χ4n) is 1.81. The second-order valence-corrected chi connectivity index (χ2v) is 6.92. The van der Waals surface area contributed by atoms with Crippen LogP contribution in [0.1, 0.15) is 18.7 Å². The summed E-state index contributed by atoms with van der Waals surface area (Å²) < 4.78 is 6.13. The van der Waals surface area contributed by atoms with Gasteiger partial charge in [0.25, 0.3) is 0 Å². The van der Waals surface area contributed by atoms with Gasteiger partial charge in [0.2, 0.25) is 0 Å². The maximum absolute atomic E-state index is 5.18. The molecular weight excluding hydrogens is 310 g/mol. The first-order chi connectivity index (χ1) is 8.60. The summed E-state index contributed by atoms with van der Waals surface area (Å²) in [6, 6.07) is 8.07. The molecule has 4 heteroatoms. The molecule has 0 spiro atoms. The number of methoxy groups -OCH3 is 1. The minimum absolute atomic E-state index is 0.634. The van der Waals surface area contributed by atoms with E-state index in [1.54, 1.807) is 18.4 Å². The Morgan fingerprint density at radius 1 is 1.28 bits per heavy atom. The van der Waals surface area contributed by atoms with Gasteiger partial charge < -0.3 is 4.74 Å². The van der Waals surface area contributed by atoms with Crippen LogP contribution >= 0.6 is 27.3 Å². The first kappa shape index (κ1) is 13.6. The maximum atomic E-state index is 5.18. The average Bonchev–Trinajstić information content (AvgIpc) is 2.69. The molecule has 2 aromatic rings. The maximum Gasteiger partial charge on any atom is 0.160 e. The smallest absolute Gasteiger partial charge is 0.160 e. The van der Waals surface area contributed by atoms with Crippen LogP contribution in [0.5, 0.6) is 5.75 Å². The molecule has 0 saturated heterocycles. The molecule has 0 saturated carbocycles. The number of hydrogen-bond acceptors (Lipinski definition) is 3. The Morgan fingerprint density at radius 3 is 2.50 bits per heavy atom. The van der Waals surface area contributed by atoms with Crippen LogP contribution in [0.3, 0.4) is 0 Å². The van der Waals surface area contributed by atoms with Crippen molar-refractivity contribution in [1.29, 1.82) is 0 Å². The van der Waals surface area contributed by atoms with E-state index < -0.39 is 0 Å². The third-order valence-corrected chi connectivity index (χ3v) is 4.16. The quantitative estimate of drug-likeness (QED) is 0.807. The fraction of sp³-hybridized carbons (Fsp3) is 0.357. The molecule has 0 aliphatic carbocycles. The second-order valence-electron chi connectivity index (χ2n) is 4.57. The zero-order valence-corrected chi connectivity index (χ0v) is 13.1. The summed E-state index contributed by atoms with van der Waals surface area (Å²) in [6.07, 6.45) is 1.06. The topological polar surface area (TPSA) is 22.1 Å². The Bertz CT molecular complexity index is 519. The number of halogens is 1. The molecule has 0 unspecified atom stereocenters. The summed E-state index contributed by atoms with van der Waals surface area (Å²) in [7, 11) is 1.68. The van der Waals surface area contributed by atoms with Crippen LogP contribution in [0.15, 0.2) is 28.2 Å². The Balaban J connectivity index is 2.36. The Hall–Kier alpha value is -0.870. The number of benzene rings is 1. The molecule has 0 amide bonds. The van der Waals surface area contributed by atoms with E-state index in [1.165, 1.54) is 4.88 Å². The average molecular weight is 326 g/mol. The molecule has 18 heavy (non-hydrogen) atoms. The summed E-state index contributed by atoms with van der Waals surface area (Å²) in [4.78, 5) is 5.92. The first-order valence-corrected chi connectivity index (χ1v) is 7.50. The number of thiazole rings is 1. The highest BCUT2D eigenvalue weighted by molar-refractivity contribution is 9.11. The zero-order valence-electron chi connectivity index (χ0n) is 10.7. The predicted octanol–water partition coefficient (Wildman–Crippen LogP) is 4.78. The van der Waals surface area contributed by atoms with Crippen molar-refractivity contribution in [3.63, 3.8) is 0 Å². The Labute approximate surface area is 120 Å². The highest BCUT2D eigenvalue weighted by atomic mass is 79.9. The van der Waals surface area contributed by atoms with Gasteiger partial charge in [0.1, 0.15) is 5.75 Å². The molecule has 2 nitrogen and oxygen atoms in total. The van der Waals surface area contributed by atoms with Gasteiger partial charge in [-0.3, -0.25) is 0 Å². The normalized spacial score (nSPS) is 10.9. The predicted molar refractivity (Wildman–Crippen MR) is 80.3 cm³/mol. The third kappa shape index (κ3) is 3.12. The molecule has 1 heterocycles. The standard InChI is InChI=1S/C14H16BrNOS/c1-9(2)8-12-13(16-14(15)18-12)10-4-6-11(17-3)7-5-10/h4-7,9H,8H2,1-3H3. The lowest BCUT2D eigenvalue weighted by atomic mass is 10.0. The van der Waals surface area contributed by atoms with E-state index in [-0.39, 0.29) is 0 Å². The van der Waals surface area contributed by atoms with Crippen LogP contribution < -0.4 is 4.74 Å². The number of ether oxygens (including phenoxy) is 1. The third-order valence-electron chi connectivity index (χ3n) is 2.63. The minimum Gasteiger partial charge on any atom is -0.497 e. The second kappa shape index (κ2) is 5.85. The van der Waals surface area contributed by atoms with Crippen molar-refractivity contribution in [3.05, 3.63) is 33.1 Å². The molecule has 2 rings (SSSR count). The lowest BCUT2D eigenvalue weighted by Crippen LogP contribution is -1.93. The van der Waals surface area contributed by atoms with Gasteiger partial charge in [0.15, 0.2) is 3.92 Å². The summed E-state index contributed by atoms with van der Waals surface area (Å²) >= 11 is 5.20. The number of aromatic nitrogens is 1. The van der Waals surface area contributed by atoms with Gasteiger partial charge in [-0.1, -0.05) is 13.8 Å². The van der Waals surface area contributed by atoms with Crippen LogP contribution in [0, 0.1) is 5.92 Å². The van der Waals surface area contributed by atoms with Crippen LogP contribution in [-0.2, 0) is 6.42 Å². The van der Waals surface area contributed by atoms with Gasteiger partial charge in [-0.25, -0.2) is 4.98 Å². The molecule has 0 bridgehead atoms. The fourth-order valence-corrected chi connectivity index (χ4v) is 3.59. The van der Waals surface area contributed by atoms with Crippen LogP contribution in [0.25, 0.3) is 11.3 Å². The molecule has 0 atom stereocenters. The molecule has 96 valence electrons. The zero-order chi connectivity index (χ0) is 13.1. The highest BCUT2D eigenvalue weighted by Gasteiger charge is 2.13. The SMILES string of the molecule is COc1ccc(-c2nc(Br)sc2CC(C)C)cc1. The largest absolute Gasteiger partial charge is 0.497 e. The van der Waals surface area contributed by atoms with E-state index in [0.717, 1.165) is 27.3 Å². The molecule has 0 N–H and O–H groups in total. The van der Waals surface area contributed by atoms with Crippen molar-refractivity contribution in [2.45, 2.75) is 20.3 Å². The summed E-state index contributed by atoms with van der Waals surface area (Å²) in [5.74, 6) is 1.51. The van der Waals surface area contributed by atoms with Gasteiger partial charge in [-0.15, -0.1) is 11.3 Å². The van der Waals surface area contributed by atoms with Crippen LogP contribution in [0.4, 0.5) is 0 Å². The van der Waals surface area contributed by atoms with E-state index in [0.29, 0.717) is 5.92 Å². The highest BCUT2D eigenvalue weighted by Crippen LogP contribution is 2.33. The van der Waals surface area contributed by atoms with Gasteiger partial charge in [0, 0.05) is 10.4 Å². The summed E-state index contributed by atoms with van der Waals surface area (Å²) in [5, 5.41) is 0. The molecule has 0 fully saturated rings. The van der Waals surface area contributed by atoms with E-state index in [9.17, 15) is 0 Å². The van der Waals surface area contributed by atoms with Gasteiger partial charge in [-0.05, 0) is 52.5 Å². The Morgan fingerprint density at radius 2 is 1.94 bits per heavy atom. The molecular formula is C14H16BrNOS. The van der Waals surface area contributed by atoms with Crippen molar-refractivity contribution in [3.8, 4) is 17.0 Å². The van der Waals surface area contributed by atoms with Crippen molar-refractivity contribution < 1.29 is 4.74 Å².